The molecule has 2 N–H and O–H groups in total. The van der Waals surface area contributed by atoms with Crippen molar-refractivity contribution in [3.05, 3.63) is 63.3 Å². The Morgan fingerprint density at radius 1 is 1.21 bits per heavy atom. The summed E-state index contributed by atoms with van der Waals surface area (Å²) in [6.45, 7) is 1.89. The Morgan fingerprint density at radius 3 is 2.62 bits per heavy atom. The Balaban J connectivity index is 2.06. The molecule has 0 bridgehead atoms. The molecule has 0 aliphatic heterocycles. The summed E-state index contributed by atoms with van der Waals surface area (Å²) in [5.41, 5.74) is 3.01. The van der Waals surface area contributed by atoms with Crippen LogP contribution in [0.4, 0.5) is 0 Å². The third kappa shape index (κ3) is 4.34. The smallest absolute Gasteiger partial charge is 0.340 e. The highest BCUT2D eigenvalue weighted by molar-refractivity contribution is 9.10. The number of aliphatic hydroxyl groups excluding tert-OH is 1. The second-order valence-electron chi connectivity index (χ2n) is 6.35. The maximum absolute atomic E-state index is 12.7. The summed E-state index contributed by atoms with van der Waals surface area (Å²) in [6.07, 6.45) is 0. The SMILES string of the molecule is CCOC(=O)c1c(CSc2cc(C(=O)O)ccc2Br)n(C)c2ccc(CO)cc12. The summed E-state index contributed by atoms with van der Waals surface area (Å²) in [6, 6.07) is 10.3. The summed E-state index contributed by atoms with van der Waals surface area (Å²) >= 11 is 4.89. The van der Waals surface area contributed by atoms with E-state index in [-0.39, 0.29) is 18.8 Å². The molecule has 8 heteroatoms. The molecule has 0 aliphatic carbocycles. The molecule has 0 fully saturated rings. The van der Waals surface area contributed by atoms with Crippen molar-refractivity contribution >= 4 is 50.5 Å². The number of nitrogens with zero attached hydrogens (tertiary/aromatic N) is 1. The number of aromatic nitrogens is 1. The zero-order valence-corrected chi connectivity index (χ0v) is 18.3. The highest BCUT2D eigenvalue weighted by atomic mass is 79.9. The van der Waals surface area contributed by atoms with E-state index in [0.29, 0.717) is 16.9 Å². The van der Waals surface area contributed by atoms with Crippen LogP contribution in [0.2, 0.25) is 0 Å². The molecule has 0 amide bonds. The van der Waals surface area contributed by atoms with E-state index in [1.807, 2.05) is 23.7 Å². The molecule has 3 aromatic rings. The van der Waals surface area contributed by atoms with Crippen LogP contribution in [0.25, 0.3) is 10.9 Å². The summed E-state index contributed by atoms with van der Waals surface area (Å²) in [4.78, 5) is 24.8. The van der Waals surface area contributed by atoms with Gasteiger partial charge in [0.25, 0.3) is 0 Å². The van der Waals surface area contributed by atoms with Crippen molar-refractivity contribution in [1.82, 2.24) is 4.57 Å². The molecular weight excluding hydrogens is 458 g/mol. The number of carbonyl (C=O) groups is 2. The predicted molar refractivity (Wildman–Crippen MR) is 115 cm³/mol. The molecule has 1 heterocycles. The zero-order valence-electron chi connectivity index (χ0n) is 15.9. The molecule has 152 valence electrons. The number of esters is 1. The van der Waals surface area contributed by atoms with Gasteiger partial charge in [-0.1, -0.05) is 6.07 Å². The largest absolute Gasteiger partial charge is 0.478 e. The predicted octanol–water partition coefficient (Wildman–Crippen LogP) is 4.60. The molecule has 0 radical (unpaired) electrons. The van der Waals surface area contributed by atoms with E-state index in [9.17, 15) is 19.8 Å². The molecular formula is C21H20BrNO5S. The Morgan fingerprint density at radius 2 is 1.97 bits per heavy atom. The number of aryl methyl sites for hydroxylation is 1. The maximum atomic E-state index is 12.7. The summed E-state index contributed by atoms with van der Waals surface area (Å²) in [5.74, 6) is -0.968. The molecule has 0 atom stereocenters. The standard InChI is InChI=1S/C21H20BrNO5S/c1-3-28-21(27)19-14-8-12(10-24)4-7-16(14)23(2)17(19)11-29-18-9-13(20(25)26)5-6-15(18)22/h4-9,24H,3,10-11H2,1-2H3,(H,25,26). The molecule has 29 heavy (non-hydrogen) atoms. The monoisotopic (exact) mass is 477 g/mol. The van der Waals surface area contributed by atoms with E-state index in [0.717, 1.165) is 26.0 Å². The second kappa shape index (κ2) is 9.02. The first kappa shape index (κ1) is 21.4. The summed E-state index contributed by atoms with van der Waals surface area (Å²) in [7, 11) is 1.88. The third-order valence-electron chi connectivity index (χ3n) is 4.59. The van der Waals surface area contributed by atoms with E-state index in [1.165, 1.54) is 17.8 Å². The highest BCUT2D eigenvalue weighted by Crippen LogP contribution is 2.35. The summed E-state index contributed by atoms with van der Waals surface area (Å²) in [5, 5.41) is 19.4. The van der Waals surface area contributed by atoms with Crippen LogP contribution in [-0.2, 0) is 24.1 Å². The lowest BCUT2D eigenvalue weighted by molar-refractivity contribution is 0.0527. The van der Waals surface area contributed by atoms with Crippen LogP contribution in [0, 0.1) is 0 Å². The molecule has 1 aromatic heterocycles. The Hall–Kier alpha value is -2.29. The fourth-order valence-corrected chi connectivity index (χ4v) is 4.77. The molecule has 0 aliphatic rings. The van der Waals surface area contributed by atoms with E-state index >= 15 is 0 Å². The van der Waals surface area contributed by atoms with Crippen molar-refractivity contribution in [1.29, 1.82) is 0 Å². The van der Waals surface area contributed by atoms with Crippen LogP contribution in [0.15, 0.2) is 45.8 Å². The van der Waals surface area contributed by atoms with Gasteiger partial charge in [0.2, 0.25) is 0 Å². The van der Waals surface area contributed by atoms with Gasteiger partial charge in [-0.2, -0.15) is 0 Å². The average molecular weight is 478 g/mol. The number of benzene rings is 2. The lowest BCUT2D eigenvalue weighted by Crippen LogP contribution is -2.08. The second-order valence-corrected chi connectivity index (χ2v) is 8.22. The molecule has 2 aromatic carbocycles. The van der Waals surface area contributed by atoms with Crippen LogP contribution in [0.3, 0.4) is 0 Å². The van der Waals surface area contributed by atoms with Crippen LogP contribution in [0.5, 0.6) is 0 Å². The number of aromatic carboxylic acids is 1. The molecule has 3 rings (SSSR count). The lowest BCUT2D eigenvalue weighted by Gasteiger charge is -2.09. The molecule has 0 saturated carbocycles. The van der Waals surface area contributed by atoms with Gasteiger partial charge in [-0.15, -0.1) is 11.8 Å². The topological polar surface area (TPSA) is 88.8 Å². The first-order valence-electron chi connectivity index (χ1n) is 8.91. The van der Waals surface area contributed by atoms with Gasteiger partial charge in [-0.25, -0.2) is 9.59 Å². The van der Waals surface area contributed by atoms with Gasteiger partial charge in [0.05, 0.1) is 24.3 Å². The Bertz CT molecular complexity index is 1090. The van der Waals surface area contributed by atoms with Crippen molar-refractivity contribution in [3.8, 4) is 0 Å². The van der Waals surface area contributed by atoms with Gasteiger partial charge in [0.1, 0.15) is 0 Å². The van der Waals surface area contributed by atoms with Gasteiger partial charge in [-0.3, -0.25) is 0 Å². The number of carboxylic acids is 1. The first-order valence-corrected chi connectivity index (χ1v) is 10.7. The minimum absolute atomic E-state index is 0.119. The van der Waals surface area contributed by atoms with Gasteiger partial charge in [0, 0.05) is 38.8 Å². The molecule has 0 spiro atoms. The van der Waals surface area contributed by atoms with Crippen molar-refractivity contribution in [2.45, 2.75) is 24.2 Å². The quantitative estimate of drug-likeness (QED) is 0.381. The van der Waals surface area contributed by atoms with Crippen molar-refractivity contribution in [2.75, 3.05) is 6.61 Å². The highest BCUT2D eigenvalue weighted by Gasteiger charge is 2.23. The minimum atomic E-state index is -0.993. The Labute approximate surface area is 180 Å². The fraction of sp³-hybridized carbons (Fsp3) is 0.238. The Kier molecular flexibility index (Phi) is 6.66. The van der Waals surface area contributed by atoms with Crippen LogP contribution in [0.1, 0.15) is 38.9 Å². The van der Waals surface area contributed by atoms with Crippen molar-refractivity contribution < 1.29 is 24.5 Å². The normalized spacial score (nSPS) is 11.0. The van der Waals surface area contributed by atoms with Crippen LogP contribution in [-0.4, -0.2) is 33.3 Å². The van der Waals surface area contributed by atoms with Crippen molar-refractivity contribution in [3.63, 3.8) is 0 Å². The van der Waals surface area contributed by atoms with Crippen molar-refractivity contribution in [2.24, 2.45) is 7.05 Å². The number of hydrogen-bond donors (Lipinski definition) is 2. The number of ether oxygens (including phenoxy) is 1. The summed E-state index contributed by atoms with van der Waals surface area (Å²) < 4.78 is 8.00. The number of thioether (sulfide) groups is 1. The van der Waals surface area contributed by atoms with Crippen LogP contribution >= 0.6 is 27.7 Å². The lowest BCUT2D eigenvalue weighted by atomic mass is 10.1. The maximum Gasteiger partial charge on any atom is 0.340 e. The fourth-order valence-electron chi connectivity index (χ4n) is 3.14. The number of carbonyl (C=O) groups excluding carboxylic acids is 1. The van der Waals surface area contributed by atoms with Crippen LogP contribution < -0.4 is 0 Å². The van der Waals surface area contributed by atoms with Gasteiger partial charge >= 0.3 is 11.9 Å². The van der Waals surface area contributed by atoms with E-state index in [1.54, 1.807) is 25.1 Å². The minimum Gasteiger partial charge on any atom is -0.478 e. The number of halogens is 1. The number of fused-ring (bicyclic) bond motifs is 1. The van der Waals surface area contributed by atoms with Gasteiger partial charge < -0.3 is 19.5 Å². The van der Waals surface area contributed by atoms with Gasteiger partial charge in [0.15, 0.2) is 0 Å². The number of hydrogen-bond acceptors (Lipinski definition) is 5. The number of rotatable bonds is 7. The third-order valence-corrected chi connectivity index (χ3v) is 6.61. The number of carboxylic acid groups (broad SMARTS) is 1. The first-order chi connectivity index (χ1) is 13.9. The average Bonchev–Trinajstić information content (AvgIpc) is 2.98. The van der Waals surface area contributed by atoms with Gasteiger partial charge in [-0.05, 0) is 58.7 Å². The van der Waals surface area contributed by atoms with E-state index < -0.39 is 11.9 Å². The molecule has 0 saturated heterocycles. The van der Waals surface area contributed by atoms with E-state index in [2.05, 4.69) is 15.9 Å². The molecule has 0 unspecified atom stereocenters. The molecule has 6 nitrogen and oxygen atoms in total. The zero-order chi connectivity index (χ0) is 21.1. The van der Waals surface area contributed by atoms with E-state index in [4.69, 9.17) is 4.74 Å². The number of aliphatic hydroxyl groups is 1.